The van der Waals surface area contributed by atoms with Crippen LogP contribution in [0.1, 0.15) is 30.1 Å². The minimum atomic E-state index is -0.669. The first-order valence-corrected chi connectivity index (χ1v) is 8.76. The largest absolute Gasteiger partial charge is 0.331 e. The highest BCUT2D eigenvalue weighted by atomic mass is 19.1. The van der Waals surface area contributed by atoms with Gasteiger partial charge in [0.1, 0.15) is 11.5 Å². The summed E-state index contributed by atoms with van der Waals surface area (Å²) >= 11 is 0. The smallest absolute Gasteiger partial charge is 0.319 e. The Hall–Kier alpha value is -3.22. The quantitative estimate of drug-likeness (QED) is 0.722. The second kappa shape index (κ2) is 7.19. The Bertz CT molecular complexity index is 971. The molecule has 0 fully saturated rings. The number of hydrogen-bond donors (Lipinski definition) is 2. The molecule has 1 aliphatic carbocycles. The lowest BCUT2D eigenvalue weighted by molar-refractivity contribution is 0.247. The first kappa shape index (κ1) is 17.2. The van der Waals surface area contributed by atoms with Gasteiger partial charge < -0.3 is 10.6 Å². The predicted octanol–water partition coefficient (Wildman–Crippen LogP) is 4.35. The number of urea groups is 1. The van der Waals surface area contributed by atoms with Crippen molar-refractivity contribution < 1.29 is 13.6 Å². The molecule has 3 aromatic rings. The lowest BCUT2D eigenvalue weighted by Gasteiger charge is -2.24. The zero-order chi connectivity index (χ0) is 18.8. The van der Waals surface area contributed by atoms with Crippen molar-refractivity contribution in [3.8, 4) is 5.69 Å². The van der Waals surface area contributed by atoms with Gasteiger partial charge in [-0.25, -0.2) is 18.3 Å². The lowest BCUT2D eigenvalue weighted by atomic mass is 9.93. The summed E-state index contributed by atoms with van der Waals surface area (Å²) in [5.74, 6) is -1.30. The Morgan fingerprint density at radius 3 is 2.74 bits per heavy atom. The molecule has 0 radical (unpaired) electrons. The Balaban J connectivity index is 1.56. The molecule has 1 atom stereocenters. The SMILES string of the molecule is O=C(Nc1ccccc1)N[C@@H]1CCCc2c1cnn2-c1ccc(F)cc1F. The molecular weight excluding hydrogens is 350 g/mol. The number of halogens is 2. The molecule has 1 heterocycles. The number of carbonyl (C=O) groups excluding carboxylic acids is 1. The fraction of sp³-hybridized carbons (Fsp3) is 0.200. The van der Waals surface area contributed by atoms with E-state index in [-0.39, 0.29) is 17.8 Å². The summed E-state index contributed by atoms with van der Waals surface area (Å²) in [6.45, 7) is 0. The first-order chi connectivity index (χ1) is 13.1. The van der Waals surface area contributed by atoms with Crippen LogP contribution < -0.4 is 10.6 Å². The Morgan fingerprint density at radius 2 is 1.96 bits per heavy atom. The molecular formula is C20H18F2N4O. The molecule has 2 N–H and O–H groups in total. The molecule has 2 aromatic carbocycles. The fourth-order valence-electron chi connectivity index (χ4n) is 3.41. The Kier molecular flexibility index (Phi) is 4.58. The van der Waals surface area contributed by atoms with E-state index in [2.05, 4.69) is 15.7 Å². The normalized spacial score (nSPS) is 15.9. The van der Waals surface area contributed by atoms with Gasteiger partial charge in [-0.1, -0.05) is 18.2 Å². The minimum Gasteiger partial charge on any atom is -0.331 e. The van der Waals surface area contributed by atoms with Crippen molar-refractivity contribution in [1.29, 1.82) is 0 Å². The zero-order valence-electron chi connectivity index (χ0n) is 14.5. The Labute approximate surface area is 155 Å². The van der Waals surface area contributed by atoms with Gasteiger partial charge >= 0.3 is 6.03 Å². The van der Waals surface area contributed by atoms with E-state index >= 15 is 0 Å². The van der Waals surface area contributed by atoms with Gasteiger partial charge in [-0.2, -0.15) is 5.10 Å². The highest BCUT2D eigenvalue weighted by Gasteiger charge is 2.26. The minimum absolute atomic E-state index is 0.201. The third-order valence-electron chi connectivity index (χ3n) is 4.66. The second-order valence-electron chi connectivity index (χ2n) is 6.46. The molecule has 0 saturated heterocycles. The fourth-order valence-corrected chi connectivity index (χ4v) is 3.41. The van der Waals surface area contributed by atoms with Gasteiger partial charge in [-0.3, -0.25) is 0 Å². The van der Waals surface area contributed by atoms with Gasteiger partial charge in [-0.15, -0.1) is 0 Å². The predicted molar refractivity (Wildman–Crippen MR) is 97.8 cm³/mol. The van der Waals surface area contributed by atoms with Gasteiger partial charge in [0, 0.05) is 23.0 Å². The van der Waals surface area contributed by atoms with Crippen molar-refractivity contribution in [1.82, 2.24) is 15.1 Å². The highest BCUT2D eigenvalue weighted by Crippen LogP contribution is 2.31. The number of rotatable bonds is 3. The molecule has 0 unspecified atom stereocenters. The summed E-state index contributed by atoms with van der Waals surface area (Å²) in [7, 11) is 0. The second-order valence-corrected chi connectivity index (χ2v) is 6.46. The third kappa shape index (κ3) is 3.53. The van der Waals surface area contributed by atoms with Crippen LogP contribution in [-0.4, -0.2) is 15.8 Å². The molecule has 4 rings (SSSR count). The number of fused-ring (bicyclic) bond motifs is 1. The molecule has 138 valence electrons. The molecule has 0 saturated carbocycles. The van der Waals surface area contributed by atoms with Crippen molar-refractivity contribution in [2.45, 2.75) is 25.3 Å². The molecule has 0 aliphatic heterocycles. The summed E-state index contributed by atoms with van der Waals surface area (Å²) in [4.78, 5) is 12.3. The van der Waals surface area contributed by atoms with Crippen molar-refractivity contribution >= 4 is 11.7 Å². The molecule has 0 bridgehead atoms. The van der Waals surface area contributed by atoms with Gasteiger partial charge in [0.05, 0.1) is 12.2 Å². The topological polar surface area (TPSA) is 59.0 Å². The van der Waals surface area contributed by atoms with E-state index in [9.17, 15) is 13.6 Å². The van der Waals surface area contributed by atoms with E-state index in [0.717, 1.165) is 30.2 Å². The lowest BCUT2D eigenvalue weighted by Crippen LogP contribution is -2.34. The maximum Gasteiger partial charge on any atom is 0.319 e. The zero-order valence-corrected chi connectivity index (χ0v) is 14.5. The highest BCUT2D eigenvalue weighted by molar-refractivity contribution is 5.89. The number of nitrogens with zero attached hydrogens (tertiary/aromatic N) is 2. The summed E-state index contributed by atoms with van der Waals surface area (Å²) in [6.07, 6.45) is 3.96. The summed E-state index contributed by atoms with van der Waals surface area (Å²) in [5, 5.41) is 10.0. The average Bonchev–Trinajstić information content (AvgIpc) is 3.07. The van der Waals surface area contributed by atoms with Crippen molar-refractivity contribution in [2.75, 3.05) is 5.32 Å². The standard InChI is InChI=1S/C20H18F2N4O/c21-13-9-10-19(16(22)11-13)26-18-8-4-7-17(15(18)12-23-26)25-20(27)24-14-5-2-1-3-6-14/h1-3,5-6,9-12,17H,4,7-8H2,(H2,24,25,27)/t17-/m1/s1. The van der Waals surface area contributed by atoms with Crippen molar-refractivity contribution in [3.05, 3.63) is 77.6 Å². The van der Waals surface area contributed by atoms with Crippen LogP contribution in [0, 0.1) is 11.6 Å². The van der Waals surface area contributed by atoms with E-state index in [1.54, 1.807) is 18.3 Å². The number of anilines is 1. The van der Waals surface area contributed by atoms with Crippen LogP contribution in [0.3, 0.4) is 0 Å². The average molecular weight is 368 g/mol. The van der Waals surface area contributed by atoms with E-state index in [0.29, 0.717) is 12.1 Å². The van der Waals surface area contributed by atoms with E-state index < -0.39 is 11.6 Å². The van der Waals surface area contributed by atoms with Crippen LogP contribution in [0.25, 0.3) is 5.69 Å². The maximum atomic E-state index is 14.2. The summed E-state index contributed by atoms with van der Waals surface area (Å²) < 4.78 is 28.8. The van der Waals surface area contributed by atoms with Crippen LogP contribution in [0.5, 0.6) is 0 Å². The molecule has 7 heteroatoms. The third-order valence-corrected chi connectivity index (χ3v) is 4.66. The number of amides is 2. The molecule has 5 nitrogen and oxygen atoms in total. The first-order valence-electron chi connectivity index (χ1n) is 8.76. The van der Waals surface area contributed by atoms with Crippen LogP contribution in [0.15, 0.2) is 54.7 Å². The Morgan fingerprint density at radius 1 is 1.15 bits per heavy atom. The molecule has 2 amide bonds. The molecule has 1 aromatic heterocycles. The number of para-hydroxylation sites is 1. The van der Waals surface area contributed by atoms with Crippen LogP contribution in [-0.2, 0) is 6.42 Å². The van der Waals surface area contributed by atoms with Crippen molar-refractivity contribution in [2.24, 2.45) is 0 Å². The maximum absolute atomic E-state index is 14.2. The van der Waals surface area contributed by atoms with Crippen LogP contribution >= 0.6 is 0 Å². The monoisotopic (exact) mass is 368 g/mol. The molecule has 0 spiro atoms. The van der Waals surface area contributed by atoms with Crippen molar-refractivity contribution in [3.63, 3.8) is 0 Å². The number of carbonyl (C=O) groups is 1. The molecule has 1 aliphatic rings. The van der Waals surface area contributed by atoms with Gasteiger partial charge in [0.25, 0.3) is 0 Å². The van der Waals surface area contributed by atoms with E-state index in [1.165, 1.54) is 16.8 Å². The number of aromatic nitrogens is 2. The summed E-state index contributed by atoms with van der Waals surface area (Å²) in [6, 6.07) is 12.1. The molecule has 27 heavy (non-hydrogen) atoms. The van der Waals surface area contributed by atoms with Gasteiger partial charge in [0.15, 0.2) is 5.82 Å². The van der Waals surface area contributed by atoms with Crippen LogP contribution in [0.4, 0.5) is 19.3 Å². The number of hydrogen-bond acceptors (Lipinski definition) is 2. The van der Waals surface area contributed by atoms with Gasteiger partial charge in [0.2, 0.25) is 0 Å². The number of benzene rings is 2. The van der Waals surface area contributed by atoms with E-state index in [1.807, 2.05) is 18.2 Å². The van der Waals surface area contributed by atoms with Gasteiger partial charge in [-0.05, 0) is 43.5 Å². The summed E-state index contributed by atoms with van der Waals surface area (Å²) in [5.41, 5.74) is 2.59. The number of nitrogens with one attached hydrogen (secondary N) is 2. The van der Waals surface area contributed by atoms with Crippen LogP contribution in [0.2, 0.25) is 0 Å². The van der Waals surface area contributed by atoms with E-state index in [4.69, 9.17) is 0 Å².